The minimum absolute atomic E-state index is 0.912. The summed E-state index contributed by atoms with van der Waals surface area (Å²) in [5.41, 5.74) is 0. The molecule has 62 heteroatoms. The molecular weight excluding hydrogens is 1880 g/mol. The molecule has 38 N–H and O–H groups in total. The van der Waals surface area contributed by atoms with Crippen LogP contribution in [0.2, 0.25) is 0 Å². The topological polar surface area (TPSA) is 990 Å². The smallest absolute Gasteiger partial charge is 0.217 e. The lowest BCUT2D eigenvalue weighted by atomic mass is 9.94. The summed E-state index contributed by atoms with van der Waals surface area (Å²) in [6, 6.07) is -1.86. The molecule has 0 aromatic carbocycles. The summed E-state index contributed by atoms with van der Waals surface area (Å²) in [6.45, 7) is -13.0. The maximum absolute atomic E-state index is 12.7. The number of carbonyl (C=O) groups excluding carboxylic acids is 1. The van der Waals surface area contributed by atoms with Gasteiger partial charge in [-0.15, -0.1) is 0 Å². The van der Waals surface area contributed by atoms with Crippen molar-refractivity contribution >= 4 is 5.91 Å². The van der Waals surface area contributed by atoms with Crippen LogP contribution in [0.1, 0.15) is 6.92 Å². The lowest BCUT2D eigenvalue weighted by molar-refractivity contribution is -0.413. The van der Waals surface area contributed by atoms with Gasteiger partial charge in [0.05, 0.1) is 79.3 Å². The van der Waals surface area contributed by atoms with Crippen LogP contribution in [-0.2, 0) is 114 Å². The summed E-state index contributed by atoms with van der Waals surface area (Å²) >= 11 is 0. The number of ether oxygens (including phenoxy) is 23. The predicted octanol–water partition coefficient (Wildman–Crippen LogP) is -27.0. The fraction of sp³-hybridized carbons (Fsp3) is 0.986. The molecule has 60 atom stereocenters. The standard InChI is InChI=1S/C74H125NO61/c1-14(86)75-27-39(98)54(24(11-85)116-63(27)113)128-70-53(112)58(38(97)26(127-70)13-115-65-50(109)57(37(96)25(126-65)12-114-64-47(106)40(99)28(87)15(2-76)117-64)131-72-60(44(103)32(91)19(6-80)123-72)134-67-49(108)42(101)30(89)17(4-78)119-67)132-73-62(46(105)34(93)20(7-81)124-73)136-74-61(45(104)33(92)21(8-82)125-74)135-69-51(110)55(35(94)22(9-83)121-69)129-68-52(111)56(36(95)23(10-84)120-68)130-71-59(43(102)31(90)18(5-79)122-71)133-66-48(107)41(100)29(88)16(3-77)118-66/h15-74,76-85,87-113H,2-13H2,1H3,(H,75,86)/t15-,16-,17-,18-,19-,20-,21-,22-,23-,24-,25-,26-,27-,28-,29-,30-,31-,32-,33-,34-,35-,36-,37-,38-,39-,40+,41+,42+,43+,44+,45+,46+,47+,48-,49+,50+,51+,52-,53+,54-,55+,56+,57+,58+,59-,60+,61+,62+,63-,64+,65+,66-,67-,68-,69-,70+,71-,72-,73-,74-/m1/s1. The third-order valence-electron chi connectivity index (χ3n) is 25.5. The van der Waals surface area contributed by atoms with Crippen LogP contribution in [0.4, 0.5) is 0 Å². The summed E-state index contributed by atoms with van der Waals surface area (Å²) in [5.74, 6) is -0.912. The molecule has 0 unspecified atom stereocenters. The van der Waals surface area contributed by atoms with Gasteiger partial charge in [0.1, 0.15) is 293 Å². The van der Waals surface area contributed by atoms with Gasteiger partial charge in [0.25, 0.3) is 0 Å². The maximum Gasteiger partial charge on any atom is 0.217 e. The molecule has 12 aliphatic heterocycles. The fourth-order valence-electron chi connectivity index (χ4n) is 17.5. The van der Waals surface area contributed by atoms with Crippen LogP contribution < -0.4 is 5.32 Å². The Kier molecular flexibility index (Phi) is 40.0. The molecule has 0 spiro atoms. The highest BCUT2D eigenvalue weighted by atomic mass is 16.8. The average Bonchev–Trinajstić information content (AvgIpc) is 0.767. The molecule has 62 nitrogen and oxygen atoms in total. The van der Waals surface area contributed by atoms with Crippen molar-refractivity contribution in [3.05, 3.63) is 0 Å². The number of hydrogen-bond donors (Lipinski definition) is 38. The van der Waals surface area contributed by atoms with Gasteiger partial charge in [-0.3, -0.25) is 4.79 Å². The quantitative estimate of drug-likeness (QED) is 0.0280. The molecule has 0 saturated carbocycles. The highest BCUT2D eigenvalue weighted by Crippen LogP contribution is 2.43. The van der Waals surface area contributed by atoms with Crippen molar-refractivity contribution in [2.75, 3.05) is 79.3 Å². The molecule has 12 heterocycles. The third kappa shape index (κ3) is 23.5. The summed E-state index contributed by atoms with van der Waals surface area (Å²) in [6.07, 6.45) is -132. The number of carbonyl (C=O) groups is 1. The Morgan fingerprint density at radius 2 is 0.382 bits per heavy atom. The van der Waals surface area contributed by atoms with Gasteiger partial charge in [0, 0.05) is 6.92 Å². The van der Waals surface area contributed by atoms with Gasteiger partial charge in [0.2, 0.25) is 5.91 Å². The number of hydrogen-bond acceptors (Lipinski definition) is 61. The Labute approximate surface area is 766 Å². The van der Waals surface area contributed by atoms with E-state index in [9.17, 15) is 194 Å². The number of nitrogens with one attached hydrogen (secondary N) is 1. The second kappa shape index (κ2) is 48.6. The predicted molar refractivity (Wildman–Crippen MR) is 407 cm³/mol. The molecule has 1 amide bonds. The van der Waals surface area contributed by atoms with Gasteiger partial charge >= 0.3 is 0 Å². The molecule has 792 valence electrons. The second-order valence-corrected chi connectivity index (χ2v) is 34.4. The average molecular weight is 2000 g/mol. The molecule has 12 fully saturated rings. The fourth-order valence-corrected chi connectivity index (χ4v) is 17.5. The van der Waals surface area contributed by atoms with Crippen LogP contribution in [0.15, 0.2) is 0 Å². The molecular formula is C74H125NO61. The highest BCUT2D eigenvalue weighted by molar-refractivity contribution is 5.73. The summed E-state index contributed by atoms with van der Waals surface area (Å²) in [5, 5.41) is 415. The van der Waals surface area contributed by atoms with E-state index in [4.69, 9.17) is 109 Å². The van der Waals surface area contributed by atoms with Crippen molar-refractivity contribution in [1.82, 2.24) is 5.32 Å². The minimum Gasteiger partial charge on any atom is -0.394 e. The van der Waals surface area contributed by atoms with E-state index in [1.165, 1.54) is 0 Å². The van der Waals surface area contributed by atoms with Crippen molar-refractivity contribution in [3.63, 3.8) is 0 Å². The first-order valence-corrected chi connectivity index (χ1v) is 43.2. The van der Waals surface area contributed by atoms with Crippen LogP contribution >= 0.6 is 0 Å². The van der Waals surface area contributed by atoms with Crippen LogP contribution in [0, 0.1) is 0 Å². The van der Waals surface area contributed by atoms with E-state index in [1.807, 2.05) is 0 Å². The molecule has 12 saturated heterocycles. The summed E-state index contributed by atoms with van der Waals surface area (Å²) < 4.78 is 134. The lowest BCUT2D eigenvalue weighted by Gasteiger charge is -2.51. The van der Waals surface area contributed by atoms with E-state index >= 15 is 0 Å². The normalized spacial score (nSPS) is 52.8. The highest BCUT2D eigenvalue weighted by Gasteiger charge is 2.63. The monoisotopic (exact) mass is 2000 g/mol. The molecule has 0 aliphatic carbocycles. The van der Waals surface area contributed by atoms with E-state index < -0.39 is 454 Å². The molecule has 0 aromatic heterocycles. The van der Waals surface area contributed by atoms with Crippen molar-refractivity contribution in [3.8, 4) is 0 Å². The molecule has 0 radical (unpaired) electrons. The largest absolute Gasteiger partial charge is 0.394 e. The zero-order valence-electron chi connectivity index (χ0n) is 71.5. The maximum atomic E-state index is 12.7. The molecule has 136 heavy (non-hydrogen) atoms. The van der Waals surface area contributed by atoms with Crippen LogP contribution in [0.25, 0.3) is 0 Å². The van der Waals surface area contributed by atoms with E-state index in [0.29, 0.717) is 0 Å². The Bertz CT molecular complexity index is 3590. The number of aliphatic hydroxyl groups excluding tert-OH is 37. The summed E-state index contributed by atoms with van der Waals surface area (Å²) in [7, 11) is 0. The van der Waals surface area contributed by atoms with Gasteiger partial charge in [-0.1, -0.05) is 0 Å². The molecule has 12 aliphatic rings. The van der Waals surface area contributed by atoms with Gasteiger partial charge in [-0.25, -0.2) is 0 Å². The lowest BCUT2D eigenvalue weighted by Crippen LogP contribution is -2.69. The van der Waals surface area contributed by atoms with E-state index in [2.05, 4.69) is 5.32 Å². The van der Waals surface area contributed by atoms with Gasteiger partial charge in [-0.2, -0.15) is 0 Å². The second-order valence-electron chi connectivity index (χ2n) is 34.4. The first-order valence-electron chi connectivity index (χ1n) is 43.2. The number of amides is 1. The van der Waals surface area contributed by atoms with Crippen molar-refractivity contribution in [2.24, 2.45) is 0 Å². The van der Waals surface area contributed by atoms with Gasteiger partial charge in [0.15, 0.2) is 75.5 Å². The van der Waals surface area contributed by atoms with Crippen molar-refractivity contribution in [2.45, 2.75) is 375 Å². The molecule has 0 bridgehead atoms. The Morgan fingerprint density at radius 1 is 0.191 bits per heavy atom. The number of aliphatic hydroxyl groups is 37. The zero-order chi connectivity index (χ0) is 99.7. The minimum atomic E-state index is -2.65. The van der Waals surface area contributed by atoms with E-state index in [0.717, 1.165) is 6.92 Å². The first kappa shape index (κ1) is 112. The van der Waals surface area contributed by atoms with Crippen molar-refractivity contribution in [1.29, 1.82) is 0 Å². The zero-order valence-corrected chi connectivity index (χ0v) is 71.5. The van der Waals surface area contributed by atoms with Crippen molar-refractivity contribution < 1.29 is 303 Å². The van der Waals surface area contributed by atoms with E-state index in [-0.39, 0.29) is 0 Å². The van der Waals surface area contributed by atoms with Gasteiger partial charge in [-0.05, 0) is 0 Å². The Hall–Kier alpha value is -2.93. The Balaban J connectivity index is 0.835. The van der Waals surface area contributed by atoms with Gasteiger partial charge < -0.3 is 303 Å². The summed E-state index contributed by atoms with van der Waals surface area (Å²) in [4.78, 5) is 12.5. The molecule has 0 aromatic rings. The third-order valence-corrected chi connectivity index (χ3v) is 25.5. The first-order chi connectivity index (χ1) is 64.5. The van der Waals surface area contributed by atoms with Crippen LogP contribution in [-0.4, -0.2) is 643 Å². The van der Waals surface area contributed by atoms with E-state index in [1.54, 1.807) is 0 Å². The van der Waals surface area contributed by atoms with Crippen LogP contribution in [0.5, 0.6) is 0 Å². The number of rotatable bonds is 35. The Morgan fingerprint density at radius 3 is 0.669 bits per heavy atom. The van der Waals surface area contributed by atoms with Crippen LogP contribution in [0.3, 0.4) is 0 Å². The SMILES string of the molecule is CC(=O)N[C@@H]1[C@@H](O)[C@H](O[C@@H]2O[C@H](CO[C@H]3O[C@H](CO[C@H]4O[C@H](CO)[C@@H](O)[C@H](O)[C@@H]4O)[C@@H](O)[C@H](O[C@H]4O[C@H](CO)[C@@H](O)[C@H](O)[C@@H]4O[C@H]4O[C@H](CO)[C@@H](O)[C@H](O)[C@@H]4O)[C@@H]3O)[C@@H](O)[C@H](O[C@H]3O[C@H](CO)[C@@H](O)[C@H](O)[C@@H]3O[C@H]3O[C@H](CO)[C@@H](O)[C@H](O)[C@@H]3O[C@H]3O[C@H](CO)[C@@H](O)[C@H](O[C@H]4O[C@H](CO)[C@@H](O)[C@H](O[C@H]5O[C@H](CO)[C@@H](O)[C@H](O)[C@H]5O[C@H]5O[C@H](CO)[C@@H](O)[C@H](O)[C@H]5O)[C@H]4O)[C@@H]3O)[C@@H]2O)[C@@H](CO)O[C@H]1O. The molecule has 12 rings (SSSR count).